The second-order valence-corrected chi connectivity index (χ2v) is 5.16. The number of hydrogen-bond acceptors (Lipinski definition) is 3. The van der Waals surface area contributed by atoms with Gasteiger partial charge in [-0.25, -0.2) is 9.59 Å². The molecule has 3 N–H and O–H groups in total. The maximum Gasteiger partial charge on any atom is 0.324 e. The lowest BCUT2D eigenvalue weighted by atomic mass is 10.1. The van der Waals surface area contributed by atoms with E-state index in [1.165, 1.54) is 7.05 Å². The van der Waals surface area contributed by atoms with Crippen molar-refractivity contribution in [3.63, 3.8) is 0 Å². The first kappa shape index (κ1) is 14.8. The van der Waals surface area contributed by atoms with Crippen LogP contribution in [0.1, 0.15) is 25.5 Å². The molecule has 7 nitrogen and oxygen atoms in total. The van der Waals surface area contributed by atoms with Gasteiger partial charge in [0, 0.05) is 18.8 Å². The Kier molecular flexibility index (Phi) is 4.11. The topological polar surface area (TPSA) is 90.5 Å². The van der Waals surface area contributed by atoms with E-state index in [-0.39, 0.29) is 18.0 Å². The van der Waals surface area contributed by atoms with Gasteiger partial charge in [0.2, 0.25) is 0 Å². The molecule has 0 radical (unpaired) electrons. The van der Waals surface area contributed by atoms with Gasteiger partial charge in [-0.2, -0.15) is 0 Å². The van der Waals surface area contributed by atoms with Gasteiger partial charge in [0.1, 0.15) is 6.04 Å². The van der Waals surface area contributed by atoms with Crippen molar-refractivity contribution in [3.05, 3.63) is 29.8 Å². The Morgan fingerprint density at radius 2 is 2.05 bits per heavy atom. The Hall–Kier alpha value is -2.57. The maximum atomic E-state index is 11.9. The molecule has 0 bridgehead atoms. The van der Waals surface area contributed by atoms with E-state index in [2.05, 4.69) is 16.0 Å². The molecule has 2 rings (SSSR count). The number of likely N-dealkylation sites (N-methyl/N-ethyl adjacent to an activating group) is 1. The lowest BCUT2D eigenvalue weighted by Crippen LogP contribution is -2.34. The number of benzene rings is 1. The molecule has 0 aromatic heterocycles. The summed E-state index contributed by atoms with van der Waals surface area (Å²) in [6.07, 6.45) is 0. The molecule has 112 valence electrons. The summed E-state index contributed by atoms with van der Waals surface area (Å²) in [5.41, 5.74) is 1.18. The summed E-state index contributed by atoms with van der Waals surface area (Å²) >= 11 is 0. The van der Waals surface area contributed by atoms with Gasteiger partial charge in [-0.15, -0.1) is 0 Å². The summed E-state index contributed by atoms with van der Waals surface area (Å²) in [7, 11) is 1.43. The van der Waals surface area contributed by atoms with Gasteiger partial charge < -0.3 is 16.0 Å². The number of nitrogens with one attached hydrogen (secondary N) is 3. The monoisotopic (exact) mass is 290 g/mol. The van der Waals surface area contributed by atoms with Crippen molar-refractivity contribution in [1.29, 1.82) is 0 Å². The van der Waals surface area contributed by atoms with Crippen molar-refractivity contribution in [2.45, 2.75) is 25.9 Å². The van der Waals surface area contributed by atoms with Crippen LogP contribution in [0.2, 0.25) is 0 Å². The highest BCUT2D eigenvalue weighted by molar-refractivity contribution is 6.04. The number of hydrogen-bond donors (Lipinski definition) is 3. The number of carbonyl (C=O) groups is 3. The average molecular weight is 290 g/mol. The molecule has 1 saturated heterocycles. The summed E-state index contributed by atoms with van der Waals surface area (Å²) in [4.78, 5) is 36.1. The molecule has 7 heteroatoms. The van der Waals surface area contributed by atoms with Gasteiger partial charge >= 0.3 is 12.1 Å². The number of nitrogens with zero attached hydrogens (tertiary/aromatic N) is 1. The average Bonchev–Trinajstić information content (AvgIpc) is 2.66. The fraction of sp³-hybridized carbons (Fsp3) is 0.357. The predicted octanol–water partition coefficient (Wildman–Crippen LogP) is 1.44. The number of carbonyl (C=O) groups excluding carboxylic acids is 3. The zero-order valence-electron chi connectivity index (χ0n) is 12.1. The summed E-state index contributed by atoms with van der Waals surface area (Å²) in [6, 6.07) is 5.40. The van der Waals surface area contributed by atoms with E-state index in [1.807, 2.05) is 13.8 Å². The van der Waals surface area contributed by atoms with E-state index in [0.717, 1.165) is 4.90 Å². The molecule has 0 spiro atoms. The van der Waals surface area contributed by atoms with Crippen LogP contribution in [-0.4, -0.2) is 36.0 Å². The molecular formula is C14H18N4O3. The highest BCUT2D eigenvalue weighted by Crippen LogP contribution is 2.23. The van der Waals surface area contributed by atoms with Crippen LogP contribution >= 0.6 is 0 Å². The van der Waals surface area contributed by atoms with Crippen LogP contribution in [-0.2, 0) is 4.79 Å². The fourth-order valence-electron chi connectivity index (χ4n) is 2.03. The third kappa shape index (κ3) is 3.31. The summed E-state index contributed by atoms with van der Waals surface area (Å²) in [5, 5.41) is 7.99. The van der Waals surface area contributed by atoms with E-state index >= 15 is 0 Å². The van der Waals surface area contributed by atoms with Gasteiger partial charge in [0.25, 0.3) is 5.91 Å². The second kappa shape index (κ2) is 5.82. The highest BCUT2D eigenvalue weighted by atomic mass is 16.2. The summed E-state index contributed by atoms with van der Waals surface area (Å²) in [6.45, 7) is 3.72. The van der Waals surface area contributed by atoms with Crippen LogP contribution < -0.4 is 16.0 Å². The van der Waals surface area contributed by atoms with Crippen LogP contribution in [0.3, 0.4) is 0 Å². The lowest BCUT2D eigenvalue weighted by molar-refractivity contribution is -0.126. The van der Waals surface area contributed by atoms with E-state index in [4.69, 9.17) is 0 Å². The molecule has 21 heavy (non-hydrogen) atoms. The number of imide groups is 1. The predicted molar refractivity (Wildman–Crippen MR) is 77.8 cm³/mol. The normalized spacial score (nSPS) is 17.9. The van der Waals surface area contributed by atoms with Gasteiger partial charge in [0.05, 0.1) is 0 Å². The Morgan fingerprint density at radius 3 is 2.62 bits per heavy atom. The fourth-order valence-corrected chi connectivity index (χ4v) is 2.03. The van der Waals surface area contributed by atoms with Crippen molar-refractivity contribution < 1.29 is 14.4 Å². The van der Waals surface area contributed by atoms with E-state index in [9.17, 15) is 14.4 Å². The molecule has 1 aromatic rings. The Bertz CT molecular complexity index is 585. The van der Waals surface area contributed by atoms with Crippen molar-refractivity contribution in [1.82, 2.24) is 15.5 Å². The van der Waals surface area contributed by atoms with Crippen molar-refractivity contribution in [2.24, 2.45) is 0 Å². The Morgan fingerprint density at radius 1 is 1.33 bits per heavy atom. The summed E-state index contributed by atoms with van der Waals surface area (Å²) < 4.78 is 0. The molecule has 0 aliphatic carbocycles. The molecule has 0 saturated carbocycles. The van der Waals surface area contributed by atoms with Crippen LogP contribution in [0, 0.1) is 0 Å². The van der Waals surface area contributed by atoms with Crippen LogP contribution in [0.5, 0.6) is 0 Å². The number of amides is 5. The van der Waals surface area contributed by atoms with Crippen LogP contribution in [0.25, 0.3) is 0 Å². The first-order valence-corrected chi connectivity index (χ1v) is 6.64. The Labute approximate surface area is 122 Å². The smallest absolute Gasteiger partial charge is 0.324 e. The minimum Gasteiger partial charge on any atom is -0.336 e. The molecular weight excluding hydrogens is 272 g/mol. The molecule has 5 amide bonds. The van der Waals surface area contributed by atoms with Crippen molar-refractivity contribution >= 4 is 23.7 Å². The molecule has 1 heterocycles. The first-order chi connectivity index (χ1) is 9.88. The Balaban J connectivity index is 2.13. The first-order valence-electron chi connectivity index (χ1n) is 6.64. The van der Waals surface area contributed by atoms with Crippen LogP contribution in [0.15, 0.2) is 24.3 Å². The van der Waals surface area contributed by atoms with Gasteiger partial charge in [-0.1, -0.05) is 12.1 Å². The van der Waals surface area contributed by atoms with Gasteiger partial charge in [-0.05, 0) is 31.5 Å². The third-order valence-corrected chi connectivity index (χ3v) is 3.05. The second-order valence-electron chi connectivity index (χ2n) is 5.16. The molecule has 1 aliphatic heterocycles. The highest BCUT2D eigenvalue weighted by Gasteiger charge is 2.36. The zero-order chi connectivity index (χ0) is 15.6. The quantitative estimate of drug-likeness (QED) is 0.736. The number of anilines is 1. The molecule has 1 atom stereocenters. The minimum absolute atomic E-state index is 0.0255. The summed E-state index contributed by atoms with van der Waals surface area (Å²) in [5.74, 6) is -0.316. The third-order valence-electron chi connectivity index (χ3n) is 3.05. The molecule has 1 aromatic carbocycles. The van der Waals surface area contributed by atoms with Crippen molar-refractivity contribution in [2.75, 3.05) is 12.4 Å². The largest absolute Gasteiger partial charge is 0.336 e. The maximum absolute atomic E-state index is 11.9. The van der Waals surface area contributed by atoms with Crippen LogP contribution in [0.4, 0.5) is 15.3 Å². The number of urea groups is 2. The van der Waals surface area contributed by atoms with E-state index in [1.54, 1.807) is 24.3 Å². The number of rotatable bonds is 3. The molecule has 1 fully saturated rings. The molecule has 1 unspecified atom stereocenters. The standard InChI is InChI=1S/C14H18N4O3/c1-8(2)15-13(20)16-10-6-4-5-9(7-10)11-12(19)18(3)14(21)17-11/h4-8,11H,1-3H3,(H,17,21)(H2,15,16,20). The van der Waals surface area contributed by atoms with Gasteiger partial charge in [0.15, 0.2) is 0 Å². The van der Waals surface area contributed by atoms with Gasteiger partial charge in [-0.3, -0.25) is 9.69 Å². The zero-order valence-corrected chi connectivity index (χ0v) is 12.1. The van der Waals surface area contributed by atoms with Crippen molar-refractivity contribution in [3.8, 4) is 0 Å². The lowest BCUT2D eigenvalue weighted by Gasteiger charge is -2.13. The SMILES string of the molecule is CC(C)NC(=O)Nc1cccc(C2NC(=O)N(C)C2=O)c1. The minimum atomic E-state index is -0.711. The molecule has 1 aliphatic rings. The van der Waals surface area contributed by atoms with E-state index < -0.39 is 12.1 Å². The van der Waals surface area contributed by atoms with E-state index in [0.29, 0.717) is 11.3 Å².